The van der Waals surface area contributed by atoms with Gasteiger partial charge in [0.05, 0.1) is 41.5 Å². The molecule has 4 N–H and O–H groups in total. The lowest BCUT2D eigenvalue weighted by atomic mass is 9.77. The van der Waals surface area contributed by atoms with Crippen LogP contribution in [-0.4, -0.2) is 153 Å². The van der Waals surface area contributed by atoms with Crippen LogP contribution in [0.4, 0.5) is 0 Å². The zero-order valence-electron chi connectivity index (χ0n) is 34.0. The molecule has 17 atom stereocenters. The van der Waals surface area contributed by atoms with Crippen molar-refractivity contribution in [1.29, 1.82) is 0 Å². The van der Waals surface area contributed by atoms with E-state index in [9.17, 15) is 25.2 Å². The van der Waals surface area contributed by atoms with Gasteiger partial charge in [-0.15, -0.1) is 12.3 Å². The Hall–Kier alpha value is -0.680. The summed E-state index contributed by atoms with van der Waals surface area (Å²) in [5.41, 5.74) is -4.26. The molecule has 0 unspecified atom stereocenters. The van der Waals surface area contributed by atoms with Crippen molar-refractivity contribution in [3.05, 3.63) is 0 Å². The number of carbonyl (C=O) groups is 1. The van der Waals surface area contributed by atoms with Crippen LogP contribution in [0.25, 0.3) is 0 Å². The van der Waals surface area contributed by atoms with Crippen molar-refractivity contribution in [2.45, 2.75) is 177 Å². The lowest BCUT2D eigenvalue weighted by Crippen LogP contribution is -2.59. The number of methoxy groups -OCH3 is 1. The number of aliphatic hydroxyl groups is 4. The van der Waals surface area contributed by atoms with E-state index < -0.39 is 87.9 Å². The Morgan fingerprint density at radius 2 is 1.64 bits per heavy atom. The zero-order valence-corrected chi connectivity index (χ0v) is 36.2. The molecule has 0 spiro atoms. The van der Waals surface area contributed by atoms with Crippen LogP contribution >= 0.6 is 22.6 Å². The molecule has 3 aliphatic heterocycles. The van der Waals surface area contributed by atoms with E-state index in [0.717, 1.165) is 13.0 Å². The first kappa shape index (κ1) is 46.7. The molecule has 0 radical (unpaired) electrons. The molecule has 0 aromatic rings. The fourth-order valence-corrected chi connectivity index (χ4v) is 9.07. The molecule has 0 amide bonds. The molecule has 53 heavy (non-hydrogen) atoms. The molecule has 0 aromatic heterocycles. The number of likely N-dealkylation sites (N-methyl/N-ethyl adjacent to an activating group) is 1. The summed E-state index contributed by atoms with van der Waals surface area (Å²) in [6.45, 7) is 17.3. The number of rotatable bonds is 8. The van der Waals surface area contributed by atoms with Crippen LogP contribution < -0.4 is 0 Å². The summed E-state index contributed by atoms with van der Waals surface area (Å²) in [5, 5.41) is 46.4. The van der Waals surface area contributed by atoms with Gasteiger partial charge in [0.1, 0.15) is 17.8 Å². The Morgan fingerprint density at radius 3 is 2.25 bits per heavy atom. The van der Waals surface area contributed by atoms with Crippen molar-refractivity contribution in [3.8, 4) is 12.3 Å². The number of hydrogen-bond donors (Lipinski definition) is 4. The van der Waals surface area contributed by atoms with Crippen molar-refractivity contribution in [1.82, 2.24) is 9.80 Å². The monoisotopic (exact) mass is 868 g/mol. The molecule has 308 valence electrons. The fraction of sp³-hybridized carbons (Fsp3) is 0.923. The van der Waals surface area contributed by atoms with Crippen LogP contribution in [0, 0.1) is 30.1 Å². The fourth-order valence-electron chi connectivity index (χ4n) is 8.45. The van der Waals surface area contributed by atoms with Gasteiger partial charge in [-0.25, -0.2) is 0 Å². The van der Waals surface area contributed by atoms with Gasteiger partial charge in [-0.05, 0) is 104 Å². The van der Waals surface area contributed by atoms with E-state index >= 15 is 0 Å². The Balaban J connectivity index is 2.12. The molecule has 3 heterocycles. The number of aliphatic hydroxyl groups excluding tert-OH is 2. The molecule has 13 nitrogen and oxygen atoms in total. The van der Waals surface area contributed by atoms with Gasteiger partial charge in [0.2, 0.25) is 0 Å². The minimum Gasteiger partial charge on any atom is -0.448 e. The standard InChI is InChI=1S/C39H69IN2O11/c1-14-15-16-41(11)28-17-23(3)49-29(18-28)52-34-24(4)31(51-30-20-38(9,48-13)33(44)27(7)50-30)25(5)35(45)53-36(40)39(10,47)32(43)26(6)42(12)21-22(2)19-37(34,8)46/h1,22-34,36,43-44,46-47H,15-21H2,2-13H3/t22-,23-,24+,25-,26-,27+,28+,29+,30+,31+,32-,33+,34-,36+,37-,38-,39+/m1/s1. The number of cyclic esters (lactones) is 1. The third kappa shape index (κ3) is 11.5. The van der Waals surface area contributed by atoms with Crippen molar-refractivity contribution >= 4 is 28.6 Å². The Labute approximate surface area is 331 Å². The van der Waals surface area contributed by atoms with Gasteiger partial charge < -0.3 is 58.6 Å². The number of alkyl halides is 1. The highest BCUT2D eigenvalue weighted by atomic mass is 127. The highest BCUT2D eigenvalue weighted by Crippen LogP contribution is 2.40. The number of carbonyl (C=O) groups excluding carboxylic acids is 1. The molecule has 3 rings (SSSR count). The predicted octanol–water partition coefficient (Wildman–Crippen LogP) is 3.31. The Kier molecular flexibility index (Phi) is 16.9. The van der Waals surface area contributed by atoms with E-state index in [2.05, 4.69) is 10.8 Å². The van der Waals surface area contributed by atoms with Crippen LogP contribution in [0.2, 0.25) is 0 Å². The third-order valence-electron chi connectivity index (χ3n) is 12.0. The summed E-state index contributed by atoms with van der Waals surface area (Å²) >= 11 is 1.85. The van der Waals surface area contributed by atoms with E-state index in [1.807, 2.05) is 69.3 Å². The highest BCUT2D eigenvalue weighted by Gasteiger charge is 2.52. The smallest absolute Gasteiger partial charge is 0.312 e. The number of hydrogen-bond acceptors (Lipinski definition) is 13. The maximum atomic E-state index is 14.1. The second kappa shape index (κ2) is 19.2. The van der Waals surface area contributed by atoms with Crippen LogP contribution in [-0.2, 0) is 33.2 Å². The molecule has 3 saturated heterocycles. The predicted molar refractivity (Wildman–Crippen MR) is 209 cm³/mol. The van der Waals surface area contributed by atoms with E-state index in [-0.39, 0.29) is 24.5 Å². The quantitative estimate of drug-likeness (QED) is 0.122. The maximum Gasteiger partial charge on any atom is 0.312 e. The summed E-state index contributed by atoms with van der Waals surface area (Å²) in [6.07, 6.45) is 1.56. The molecule has 14 heteroatoms. The molecule has 3 fully saturated rings. The lowest BCUT2D eigenvalue weighted by molar-refractivity contribution is -0.308. The van der Waals surface area contributed by atoms with E-state index in [1.165, 1.54) is 14.0 Å². The average Bonchev–Trinajstić information content (AvgIpc) is 3.08. The Bertz CT molecular complexity index is 1220. The van der Waals surface area contributed by atoms with Crippen LogP contribution in [0.1, 0.15) is 94.4 Å². The van der Waals surface area contributed by atoms with Gasteiger partial charge in [-0.1, -0.05) is 13.8 Å². The summed E-state index contributed by atoms with van der Waals surface area (Å²) in [7, 11) is 5.42. The van der Waals surface area contributed by atoms with Crippen molar-refractivity contribution < 1.29 is 53.6 Å². The normalized spacial score (nSPS) is 47.3. The van der Waals surface area contributed by atoms with Gasteiger partial charge in [0, 0.05) is 57.5 Å². The van der Waals surface area contributed by atoms with Gasteiger partial charge in [0.25, 0.3) is 0 Å². The van der Waals surface area contributed by atoms with Gasteiger partial charge in [0.15, 0.2) is 16.7 Å². The van der Waals surface area contributed by atoms with Crippen molar-refractivity contribution in [2.75, 3.05) is 34.3 Å². The first-order chi connectivity index (χ1) is 24.5. The van der Waals surface area contributed by atoms with Crippen molar-refractivity contribution in [3.63, 3.8) is 0 Å². The molecule has 0 aromatic carbocycles. The summed E-state index contributed by atoms with van der Waals surface area (Å²) < 4.78 is 36.7. The zero-order chi connectivity index (χ0) is 40.2. The minimum absolute atomic E-state index is 0.0941. The molecular formula is C39H69IN2O11. The molecule has 0 aliphatic carbocycles. The van der Waals surface area contributed by atoms with Gasteiger partial charge >= 0.3 is 5.97 Å². The topological polar surface area (TPSA) is 160 Å². The number of ether oxygens (including phenoxy) is 6. The average molecular weight is 869 g/mol. The van der Waals surface area contributed by atoms with Crippen molar-refractivity contribution in [2.24, 2.45) is 17.8 Å². The molecular weight excluding hydrogens is 799 g/mol. The largest absolute Gasteiger partial charge is 0.448 e. The number of esters is 1. The Morgan fingerprint density at radius 1 is 1.00 bits per heavy atom. The molecule has 3 aliphatic rings. The maximum absolute atomic E-state index is 14.1. The first-order valence-corrected chi connectivity index (χ1v) is 20.4. The SMILES string of the molecule is C#CCCN(C)[C@@H]1C[C@H](O[C@@H]2[C@@H](C)[C@H](O[C@H]3C[C@@](C)(OC)[C@@H](O)[C@H](C)O3)[C@@H](C)C(=O)O[C@H](I)[C@@](C)(O)[C@H](O)[C@@H](C)N(C)C[C@H](C)C[C@@]2(C)O)O[C@H](C)C1. The number of terminal acetylenes is 1. The molecule has 0 bridgehead atoms. The lowest BCUT2D eigenvalue weighted by Gasteiger charge is -2.48. The van der Waals surface area contributed by atoms with Crippen LogP contribution in [0.5, 0.6) is 0 Å². The van der Waals surface area contributed by atoms with Gasteiger partial charge in [-0.3, -0.25) is 4.79 Å². The third-order valence-corrected chi connectivity index (χ3v) is 13.5. The number of nitrogens with zero attached hydrogens (tertiary/aromatic N) is 2. The van der Waals surface area contributed by atoms with E-state index in [0.29, 0.717) is 25.8 Å². The van der Waals surface area contributed by atoms with Gasteiger partial charge in [-0.2, -0.15) is 0 Å². The van der Waals surface area contributed by atoms with E-state index in [4.69, 9.17) is 34.8 Å². The molecule has 0 saturated carbocycles. The summed E-state index contributed by atoms with van der Waals surface area (Å²) in [4.78, 5) is 18.3. The summed E-state index contributed by atoms with van der Waals surface area (Å²) in [6, 6.07) is -0.390. The van der Waals surface area contributed by atoms with Crippen LogP contribution in [0.15, 0.2) is 0 Å². The second-order valence-electron chi connectivity index (χ2n) is 16.9. The second-order valence-corrected chi connectivity index (χ2v) is 18.1. The van der Waals surface area contributed by atoms with Crippen LogP contribution in [0.3, 0.4) is 0 Å². The summed E-state index contributed by atoms with van der Waals surface area (Å²) in [5.74, 6) is 0.328. The first-order valence-electron chi connectivity index (χ1n) is 19.1. The van der Waals surface area contributed by atoms with E-state index in [1.54, 1.807) is 27.7 Å². The minimum atomic E-state index is -1.80. The number of halogens is 1. The highest BCUT2D eigenvalue weighted by molar-refractivity contribution is 14.1.